The highest BCUT2D eigenvalue weighted by molar-refractivity contribution is 7.99. The lowest BCUT2D eigenvalue weighted by atomic mass is 10.1. The molecular weight excluding hydrogens is 220 g/mol. The van der Waals surface area contributed by atoms with Crippen molar-refractivity contribution in [2.45, 2.75) is 12.5 Å². The van der Waals surface area contributed by atoms with Gasteiger partial charge in [0.25, 0.3) is 0 Å². The number of nitrogens with zero attached hydrogens (tertiary/aromatic N) is 2. The van der Waals surface area contributed by atoms with Gasteiger partial charge in [-0.15, -0.1) is 0 Å². The van der Waals surface area contributed by atoms with Crippen LogP contribution >= 0.6 is 11.8 Å². The molecule has 0 aromatic carbocycles. The molecule has 1 aromatic rings. The molecule has 1 aliphatic heterocycles. The van der Waals surface area contributed by atoms with Gasteiger partial charge in [0.2, 0.25) is 0 Å². The van der Waals surface area contributed by atoms with Gasteiger partial charge in [-0.1, -0.05) is 6.07 Å². The molecule has 4 heteroatoms. The Morgan fingerprint density at radius 3 is 3.19 bits per heavy atom. The topological polar surface area (TPSA) is 33.2 Å². The lowest BCUT2D eigenvalue weighted by molar-refractivity contribution is -0.122. The van der Waals surface area contributed by atoms with Gasteiger partial charge in [0.05, 0.1) is 12.5 Å². The first-order valence-corrected chi connectivity index (χ1v) is 6.63. The van der Waals surface area contributed by atoms with E-state index in [4.69, 9.17) is 0 Å². The summed E-state index contributed by atoms with van der Waals surface area (Å²) in [6.45, 7) is 1.00. The van der Waals surface area contributed by atoms with Crippen molar-refractivity contribution in [2.75, 3.05) is 25.1 Å². The molecule has 16 heavy (non-hydrogen) atoms. The lowest BCUT2D eigenvalue weighted by Gasteiger charge is -2.30. The fourth-order valence-electron chi connectivity index (χ4n) is 1.82. The third kappa shape index (κ3) is 2.83. The summed E-state index contributed by atoms with van der Waals surface area (Å²) in [5.41, 5.74) is 0.872. The van der Waals surface area contributed by atoms with Gasteiger partial charge in [-0.05, 0) is 19.2 Å². The molecule has 86 valence electrons. The number of ketones is 1. The van der Waals surface area contributed by atoms with Gasteiger partial charge in [0.1, 0.15) is 0 Å². The van der Waals surface area contributed by atoms with Crippen LogP contribution in [0.1, 0.15) is 5.69 Å². The number of rotatable bonds is 3. The van der Waals surface area contributed by atoms with Crippen LogP contribution in [-0.4, -0.2) is 46.8 Å². The Hall–Kier alpha value is -0.870. The van der Waals surface area contributed by atoms with Crippen molar-refractivity contribution in [3.8, 4) is 0 Å². The molecule has 0 radical (unpaired) electrons. The summed E-state index contributed by atoms with van der Waals surface area (Å²) < 4.78 is 0. The third-order valence-electron chi connectivity index (χ3n) is 2.85. The molecule has 3 nitrogen and oxygen atoms in total. The van der Waals surface area contributed by atoms with Gasteiger partial charge in [-0.2, -0.15) is 11.8 Å². The number of Topliss-reactive ketones (excluding diaryl/α,β-unsaturated/α-hetero) is 1. The monoisotopic (exact) mass is 236 g/mol. The molecular formula is C12H16N2OS. The first-order chi connectivity index (χ1) is 7.77. The van der Waals surface area contributed by atoms with Crippen molar-refractivity contribution in [1.82, 2.24) is 9.88 Å². The van der Waals surface area contributed by atoms with Crippen LogP contribution in [0, 0.1) is 0 Å². The van der Waals surface area contributed by atoms with Crippen LogP contribution in [0.15, 0.2) is 24.4 Å². The number of carbonyl (C=O) groups is 1. The Balaban J connectivity index is 1.97. The van der Waals surface area contributed by atoms with Crippen LogP contribution in [0.25, 0.3) is 0 Å². The van der Waals surface area contributed by atoms with E-state index in [9.17, 15) is 4.79 Å². The molecule has 1 unspecified atom stereocenters. The molecule has 1 fully saturated rings. The number of thioether (sulfide) groups is 1. The predicted octanol–water partition coefficient (Wildman–Crippen LogP) is 1.24. The smallest absolute Gasteiger partial charge is 0.156 e. The molecule has 1 saturated heterocycles. The van der Waals surface area contributed by atoms with E-state index in [-0.39, 0.29) is 11.8 Å². The molecule has 1 atom stereocenters. The highest BCUT2D eigenvalue weighted by Gasteiger charge is 2.26. The molecule has 0 aliphatic carbocycles. The summed E-state index contributed by atoms with van der Waals surface area (Å²) in [6, 6.07) is 5.78. The van der Waals surface area contributed by atoms with E-state index in [1.165, 1.54) is 0 Å². The Morgan fingerprint density at radius 2 is 2.50 bits per heavy atom. The maximum absolute atomic E-state index is 12.1. The van der Waals surface area contributed by atoms with Gasteiger partial charge in [-0.3, -0.25) is 14.7 Å². The van der Waals surface area contributed by atoms with Crippen LogP contribution in [0.5, 0.6) is 0 Å². The van der Waals surface area contributed by atoms with Gasteiger partial charge < -0.3 is 0 Å². The second-order valence-corrected chi connectivity index (χ2v) is 5.19. The van der Waals surface area contributed by atoms with E-state index in [2.05, 4.69) is 9.88 Å². The number of carbonyl (C=O) groups excluding carboxylic acids is 1. The zero-order valence-corrected chi connectivity index (χ0v) is 10.2. The molecule has 0 amide bonds. The highest BCUT2D eigenvalue weighted by atomic mass is 32.2. The van der Waals surface area contributed by atoms with Crippen molar-refractivity contribution < 1.29 is 4.79 Å². The first-order valence-electron chi connectivity index (χ1n) is 5.48. The Morgan fingerprint density at radius 1 is 1.62 bits per heavy atom. The van der Waals surface area contributed by atoms with Crippen LogP contribution in [0.3, 0.4) is 0 Å². The maximum Gasteiger partial charge on any atom is 0.156 e. The van der Waals surface area contributed by atoms with Crippen molar-refractivity contribution in [2.24, 2.45) is 0 Å². The SMILES string of the molecule is CN1CCSCC1C(=O)Cc1ccccn1. The number of likely N-dealkylation sites (N-methyl/N-ethyl adjacent to an activating group) is 1. The van der Waals surface area contributed by atoms with E-state index < -0.39 is 0 Å². The van der Waals surface area contributed by atoms with Crippen molar-refractivity contribution in [3.63, 3.8) is 0 Å². The second kappa shape index (κ2) is 5.46. The van der Waals surface area contributed by atoms with E-state index >= 15 is 0 Å². The van der Waals surface area contributed by atoms with Gasteiger partial charge in [-0.25, -0.2) is 0 Å². The quantitative estimate of drug-likeness (QED) is 0.790. The maximum atomic E-state index is 12.1. The van der Waals surface area contributed by atoms with Crippen LogP contribution in [0.2, 0.25) is 0 Å². The predicted molar refractivity (Wildman–Crippen MR) is 66.7 cm³/mol. The van der Waals surface area contributed by atoms with E-state index in [1.807, 2.05) is 37.0 Å². The minimum Gasteiger partial charge on any atom is -0.297 e. The molecule has 1 aliphatic rings. The standard InChI is InChI=1S/C12H16N2OS/c1-14-6-7-16-9-11(14)12(15)8-10-4-2-3-5-13-10/h2-5,11H,6-9H2,1H3. The van der Waals surface area contributed by atoms with Crippen molar-refractivity contribution in [1.29, 1.82) is 0 Å². The van der Waals surface area contributed by atoms with Crippen molar-refractivity contribution in [3.05, 3.63) is 30.1 Å². The third-order valence-corrected chi connectivity index (χ3v) is 3.87. The normalized spacial score (nSPS) is 21.9. The lowest BCUT2D eigenvalue weighted by Crippen LogP contribution is -2.45. The summed E-state index contributed by atoms with van der Waals surface area (Å²) in [4.78, 5) is 18.4. The minimum absolute atomic E-state index is 0.0701. The van der Waals surface area contributed by atoms with Crippen LogP contribution in [-0.2, 0) is 11.2 Å². The van der Waals surface area contributed by atoms with E-state index in [0.29, 0.717) is 6.42 Å². The van der Waals surface area contributed by atoms with Gasteiger partial charge in [0, 0.05) is 29.9 Å². The fraction of sp³-hybridized carbons (Fsp3) is 0.500. The van der Waals surface area contributed by atoms with E-state index in [1.54, 1.807) is 6.20 Å². The Labute approximate surface area is 100 Å². The molecule has 2 rings (SSSR count). The van der Waals surface area contributed by atoms with E-state index in [0.717, 1.165) is 23.7 Å². The average molecular weight is 236 g/mol. The molecule has 1 aromatic heterocycles. The van der Waals surface area contributed by atoms with Crippen LogP contribution in [0.4, 0.5) is 0 Å². The summed E-state index contributed by atoms with van der Waals surface area (Å²) >= 11 is 1.86. The number of hydrogen-bond donors (Lipinski definition) is 0. The molecule has 0 N–H and O–H groups in total. The minimum atomic E-state index is 0.0701. The number of pyridine rings is 1. The fourth-order valence-corrected chi connectivity index (χ4v) is 3.07. The van der Waals surface area contributed by atoms with Gasteiger partial charge >= 0.3 is 0 Å². The van der Waals surface area contributed by atoms with Crippen molar-refractivity contribution >= 4 is 17.5 Å². The summed E-state index contributed by atoms with van der Waals surface area (Å²) in [5.74, 6) is 2.33. The second-order valence-electron chi connectivity index (χ2n) is 4.04. The average Bonchev–Trinajstić information content (AvgIpc) is 2.31. The zero-order chi connectivity index (χ0) is 11.4. The number of aromatic nitrogens is 1. The first kappa shape index (κ1) is 11.6. The molecule has 2 heterocycles. The summed E-state index contributed by atoms with van der Waals surface area (Å²) in [5, 5.41) is 0. The Kier molecular flexibility index (Phi) is 3.96. The summed E-state index contributed by atoms with van der Waals surface area (Å²) in [6.07, 6.45) is 2.19. The summed E-state index contributed by atoms with van der Waals surface area (Å²) in [7, 11) is 2.03. The van der Waals surface area contributed by atoms with Gasteiger partial charge in [0.15, 0.2) is 5.78 Å². The molecule has 0 saturated carbocycles. The molecule has 0 bridgehead atoms. The Bertz CT molecular complexity index is 355. The zero-order valence-electron chi connectivity index (χ0n) is 9.43. The van der Waals surface area contributed by atoms with Crippen LogP contribution < -0.4 is 0 Å². The largest absolute Gasteiger partial charge is 0.297 e. The molecule has 0 spiro atoms. The highest BCUT2D eigenvalue weighted by Crippen LogP contribution is 2.16. The number of hydrogen-bond acceptors (Lipinski definition) is 4.